The Labute approximate surface area is 125 Å². The van der Waals surface area contributed by atoms with Gasteiger partial charge in [0.15, 0.2) is 0 Å². The number of hydrogen-bond donors (Lipinski definition) is 1. The van der Waals surface area contributed by atoms with E-state index in [0.29, 0.717) is 6.54 Å². The molecule has 1 aromatic carbocycles. The van der Waals surface area contributed by atoms with Gasteiger partial charge in [0.1, 0.15) is 5.82 Å². The number of hydrogen-bond acceptors (Lipinski definition) is 2. The Hall–Kier alpha value is -1.42. The third kappa shape index (κ3) is 2.46. The average Bonchev–Trinajstić information content (AvgIpc) is 3.23. The van der Waals surface area contributed by atoms with Crippen LogP contribution < -0.4 is 5.73 Å². The van der Waals surface area contributed by atoms with Gasteiger partial charge in [-0.1, -0.05) is 26.0 Å². The molecule has 21 heavy (non-hydrogen) atoms. The van der Waals surface area contributed by atoms with Crippen molar-refractivity contribution in [2.24, 2.45) is 11.1 Å². The maximum Gasteiger partial charge on any atom is 0.233 e. The maximum absolute atomic E-state index is 13.1. The highest BCUT2D eigenvalue weighted by atomic mass is 19.1. The fourth-order valence-electron chi connectivity index (χ4n) is 3.37. The number of nitrogens with two attached hydrogens (primary N) is 1. The van der Waals surface area contributed by atoms with Gasteiger partial charge in [-0.2, -0.15) is 0 Å². The summed E-state index contributed by atoms with van der Waals surface area (Å²) in [6.07, 6.45) is 2.57. The molecule has 1 heterocycles. The van der Waals surface area contributed by atoms with Crippen LogP contribution in [0.4, 0.5) is 4.39 Å². The predicted octanol–water partition coefficient (Wildman–Crippen LogP) is 2.44. The summed E-state index contributed by atoms with van der Waals surface area (Å²) in [7, 11) is 0. The van der Waals surface area contributed by atoms with E-state index in [0.717, 1.165) is 31.4 Å². The van der Waals surface area contributed by atoms with Crippen LogP contribution in [-0.4, -0.2) is 29.9 Å². The first-order chi connectivity index (χ1) is 9.85. The van der Waals surface area contributed by atoms with E-state index in [2.05, 4.69) is 13.8 Å². The topological polar surface area (TPSA) is 46.3 Å². The van der Waals surface area contributed by atoms with Gasteiger partial charge < -0.3 is 10.6 Å². The minimum Gasteiger partial charge on any atom is -0.341 e. The molecule has 3 nitrogen and oxygen atoms in total. The Morgan fingerprint density at radius 3 is 2.43 bits per heavy atom. The van der Waals surface area contributed by atoms with Crippen molar-refractivity contribution >= 4 is 5.91 Å². The van der Waals surface area contributed by atoms with Crippen LogP contribution in [0.25, 0.3) is 0 Å². The molecular formula is C17H23FN2O. The summed E-state index contributed by atoms with van der Waals surface area (Å²) in [6, 6.07) is 6.53. The molecule has 1 amide bonds. The van der Waals surface area contributed by atoms with Gasteiger partial charge in [0, 0.05) is 19.1 Å². The van der Waals surface area contributed by atoms with Gasteiger partial charge >= 0.3 is 0 Å². The molecule has 4 heteroatoms. The Morgan fingerprint density at radius 1 is 1.29 bits per heavy atom. The zero-order valence-electron chi connectivity index (χ0n) is 12.7. The number of benzene rings is 1. The zero-order valence-corrected chi connectivity index (χ0v) is 12.7. The van der Waals surface area contributed by atoms with Crippen molar-refractivity contribution in [1.82, 2.24) is 4.90 Å². The van der Waals surface area contributed by atoms with Gasteiger partial charge in [-0.05, 0) is 42.4 Å². The monoisotopic (exact) mass is 290 g/mol. The molecule has 1 aliphatic heterocycles. The van der Waals surface area contributed by atoms with Crippen molar-refractivity contribution in [2.45, 2.75) is 44.6 Å². The second-order valence-corrected chi connectivity index (χ2v) is 7.20. The SMILES string of the molecule is CC1(C)CN(C(=O)C2(c3ccc(F)cc3)CC2)CCC1N. The number of amides is 1. The molecule has 1 aromatic rings. The molecule has 1 atom stereocenters. The fraction of sp³-hybridized carbons (Fsp3) is 0.588. The Kier molecular flexibility index (Phi) is 3.32. The number of carbonyl (C=O) groups is 1. The molecule has 0 spiro atoms. The quantitative estimate of drug-likeness (QED) is 0.909. The number of rotatable bonds is 2. The Bertz CT molecular complexity index is 548. The first-order valence-corrected chi connectivity index (χ1v) is 7.66. The van der Waals surface area contributed by atoms with Crippen LogP contribution in [0.2, 0.25) is 0 Å². The molecule has 2 fully saturated rings. The number of nitrogens with zero attached hydrogens (tertiary/aromatic N) is 1. The highest BCUT2D eigenvalue weighted by molar-refractivity contribution is 5.91. The summed E-state index contributed by atoms with van der Waals surface area (Å²) >= 11 is 0. The van der Waals surface area contributed by atoms with Crippen LogP contribution >= 0.6 is 0 Å². The molecule has 3 rings (SSSR count). The number of likely N-dealkylation sites (tertiary alicyclic amines) is 1. The van der Waals surface area contributed by atoms with E-state index in [1.165, 1.54) is 12.1 Å². The molecule has 114 valence electrons. The second kappa shape index (κ2) is 4.80. The van der Waals surface area contributed by atoms with E-state index in [-0.39, 0.29) is 23.2 Å². The number of halogens is 1. The van der Waals surface area contributed by atoms with Crippen molar-refractivity contribution in [3.63, 3.8) is 0 Å². The first-order valence-electron chi connectivity index (χ1n) is 7.66. The van der Waals surface area contributed by atoms with Crippen LogP contribution in [0.3, 0.4) is 0 Å². The summed E-state index contributed by atoms with van der Waals surface area (Å²) < 4.78 is 13.1. The van der Waals surface area contributed by atoms with E-state index in [4.69, 9.17) is 5.73 Å². The number of piperidine rings is 1. The van der Waals surface area contributed by atoms with Gasteiger partial charge in [0.2, 0.25) is 5.91 Å². The fourth-order valence-corrected chi connectivity index (χ4v) is 3.37. The van der Waals surface area contributed by atoms with Crippen molar-refractivity contribution in [2.75, 3.05) is 13.1 Å². The van der Waals surface area contributed by atoms with Crippen molar-refractivity contribution in [1.29, 1.82) is 0 Å². The minimum absolute atomic E-state index is 0.0488. The van der Waals surface area contributed by atoms with Crippen LogP contribution in [0.1, 0.15) is 38.7 Å². The van der Waals surface area contributed by atoms with E-state index in [1.807, 2.05) is 4.90 Å². The third-order valence-electron chi connectivity index (χ3n) is 5.16. The van der Waals surface area contributed by atoms with E-state index in [1.54, 1.807) is 12.1 Å². The Balaban J connectivity index is 1.80. The highest BCUT2D eigenvalue weighted by Gasteiger charge is 2.54. The lowest BCUT2D eigenvalue weighted by molar-refractivity contribution is -0.137. The smallest absolute Gasteiger partial charge is 0.233 e. The van der Waals surface area contributed by atoms with Crippen LogP contribution in [0.5, 0.6) is 0 Å². The minimum atomic E-state index is -0.411. The lowest BCUT2D eigenvalue weighted by Crippen LogP contribution is -2.55. The molecule has 0 aromatic heterocycles. The third-order valence-corrected chi connectivity index (χ3v) is 5.16. The number of carbonyl (C=O) groups excluding carboxylic acids is 1. The summed E-state index contributed by atoms with van der Waals surface area (Å²) in [5, 5.41) is 0. The highest BCUT2D eigenvalue weighted by Crippen LogP contribution is 2.50. The summed E-state index contributed by atoms with van der Waals surface area (Å²) in [5.41, 5.74) is 6.63. The molecule has 1 saturated heterocycles. The maximum atomic E-state index is 13.1. The molecule has 0 bridgehead atoms. The van der Waals surface area contributed by atoms with Gasteiger partial charge in [0.25, 0.3) is 0 Å². The molecule has 1 saturated carbocycles. The largest absolute Gasteiger partial charge is 0.341 e. The van der Waals surface area contributed by atoms with Crippen LogP contribution in [0.15, 0.2) is 24.3 Å². The predicted molar refractivity (Wildman–Crippen MR) is 80.3 cm³/mol. The lowest BCUT2D eigenvalue weighted by Gasteiger charge is -2.43. The molecular weight excluding hydrogens is 267 g/mol. The summed E-state index contributed by atoms with van der Waals surface area (Å²) in [5.74, 6) is -0.0684. The normalized spacial score (nSPS) is 26.5. The van der Waals surface area contributed by atoms with Gasteiger partial charge in [-0.15, -0.1) is 0 Å². The molecule has 1 aliphatic carbocycles. The zero-order chi connectivity index (χ0) is 15.3. The van der Waals surface area contributed by atoms with E-state index < -0.39 is 5.41 Å². The van der Waals surface area contributed by atoms with Gasteiger partial charge in [-0.3, -0.25) is 4.79 Å². The van der Waals surface area contributed by atoms with Gasteiger partial charge in [0.05, 0.1) is 5.41 Å². The summed E-state index contributed by atoms with van der Waals surface area (Å²) in [4.78, 5) is 14.9. The first kappa shape index (κ1) is 14.5. The van der Waals surface area contributed by atoms with Crippen LogP contribution in [-0.2, 0) is 10.2 Å². The van der Waals surface area contributed by atoms with E-state index >= 15 is 0 Å². The van der Waals surface area contributed by atoms with Gasteiger partial charge in [-0.25, -0.2) is 4.39 Å². The molecule has 0 radical (unpaired) electrons. The molecule has 2 N–H and O–H groups in total. The average molecular weight is 290 g/mol. The standard InChI is InChI=1S/C17H23FN2O/c1-16(2)11-20(10-7-14(16)19)15(21)17(8-9-17)12-3-5-13(18)6-4-12/h3-6,14H,7-11,19H2,1-2H3. The lowest BCUT2D eigenvalue weighted by atomic mass is 9.79. The van der Waals surface area contributed by atoms with Crippen molar-refractivity contribution in [3.8, 4) is 0 Å². The van der Waals surface area contributed by atoms with Crippen molar-refractivity contribution in [3.05, 3.63) is 35.6 Å². The van der Waals surface area contributed by atoms with Crippen LogP contribution in [0, 0.1) is 11.2 Å². The molecule has 1 unspecified atom stereocenters. The molecule has 2 aliphatic rings. The van der Waals surface area contributed by atoms with Crippen molar-refractivity contribution < 1.29 is 9.18 Å². The summed E-state index contributed by atoms with van der Waals surface area (Å²) in [6.45, 7) is 5.67. The Morgan fingerprint density at radius 2 is 1.90 bits per heavy atom. The second-order valence-electron chi connectivity index (χ2n) is 7.20. The van der Waals surface area contributed by atoms with E-state index in [9.17, 15) is 9.18 Å².